The van der Waals surface area contributed by atoms with Crippen LogP contribution >= 0.6 is 0 Å². The minimum absolute atomic E-state index is 0.269. The van der Waals surface area contributed by atoms with E-state index in [9.17, 15) is 4.39 Å². The molecule has 1 aromatic heterocycles. The fourth-order valence-electron chi connectivity index (χ4n) is 2.31. The number of anilines is 1. The number of hydrogen-bond donors (Lipinski definition) is 1. The summed E-state index contributed by atoms with van der Waals surface area (Å²) in [6.45, 7) is 0. The van der Waals surface area contributed by atoms with Crippen LogP contribution in [0.4, 0.5) is 10.3 Å². The Bertz CT molecular complexity index is 814. The first-order valence-electron chi connectivity index (χ1n) is 6.30. The van der Waals surface area contributed by atoms with Crippen molar-refractivity contribution in [1.82, 2.24) is 9.55 Å². The third-order valence-corrected chi connectivity index (χ3v) is 3.25. The van der Waals surface area contributed by atoms with Crippen LogP contribution in [0.1, 0.15) is 0 Å². The zero-order valence-electron chi connectivity index (χ0n) is 11.6. The van der Waals surface area contributed by atoms with Gasteiger partial charge in [-0.05, 0) is 18.2 Å². The summed E-state index contributed by atoms with van der Waals surface area (Å²) < 4.78 is 25.6. The van der Waals surface area contributed by atoms with E-state index >= 15 is 0 Å². The summed E-state index contributed by atoms with van der Waals surface area (Å²) in [5.41, 5.74) is 7.93. The lowest BCUT2D eigenvalue weighted by atomic mass is 10.2. The molecule has 0 aliphatic rings. The van der Waals surface area contributed by atoms with Crippen LogP contribution in [-0.2, 0) is 0 Å². The average molecular weight is 287 g/mol. The van der Waals surface area contributed by atoms with Crippen LogP contribution in [0.2, 0.25) is 0 Å². The van der Waals surface area contributed by atoms with Crippen molar-refractivity contribution in [3.8, 4) is 17.2 Å². The van der Waals surface area contributed by atoms with E-state index in [1.54, 1.807) is 43.1 Å². The highest BCUT2D eigenvalue weighted by Gasteiger charge is 2.15. The fraction of sp³-hybridized carbons (Fsp3) is 0.133. The molecule has 0 fully saturated rings. The Morgan fingerprint density at radius 3 is 2.48 bits per heavy atom. The van der Waals surface area contributed by atoms with Crippen LogP contribution in [0.3, 0.4) is 0 Å². The second-order valence-corrected chi connectivity index (χ2v) is 4.48. The van der Waals surface area contributed by atoms with Gasteiger partial charge in [0.05, 0.1) is 30.9 Å². The Hall–Kier alpha value is -2.76. The van der Waals surface area contributed by atoms with Crippen LogP contribution in [0.15, 0.2) is 36.4 Å². The maximum absolute atomic E-state index is 13.4. The second kappa shape index (κ2) is 4.97. The number of rotatable bonds is 3. The molecule has 0 aliphatic carbocycles. The van der Waals surface area contributed by atoms with Crippen molar-refractivity contribution >= 4 is 17.0 Å². The molecule has 1 heterocycles. The minimum atomic E-state index is -0.339. The minimum Gasteiger partial charge on any atom is -0.493 e. The van der Waals surface area contributed by atoms with Gasteiger partial charge in [-0.1, -0.05) is 6.07 Å². The van der Waals surface area contributed by atoms with Crippen molar-refractivity contribution in [3.05, 3.63) is 42.2 Å². The summed E-state index contributed by atoms with van der Waals surface area (Å²) in [7, 11) is 3.10. The predicted octanol–water partition coefficient (Wildman–Crippen LogP) is 2.76. The number of benzene rings is 2. The van der Waals surface area contributed by atoms with Crippen molar-refractivity contribution in [3.63, 3.8) is 0 Å². The number of ether oxygens (including phenoxy) is 2. The molecule has 3 aromatic rings. The number of hydrogen-bond acceptors (Lipinski definition) is 4. The van der Waals surface area contributed by atoms with Gasteiger partial charge in [0, 0.05) is 12.1 Å². The molecule has 2 aromatic carbocycles. The molecule has 3 rings (SSSR count). The van der Waals surface area contributed by atoms with Gasteiger partial charge >= 0.3 is 0 Å². The first-order valence-corrected chi connectivity index (χ1v) is 6.30. The second-order valence-electron chi connectivity index (χ2n) is 4.48. The summed E-state index contributed by atoms with van der Waals surface area (Å²) in [6, 6.07) is 9.66. The lowest BCUT2D eigenvalue weighted by Crippen LogP contribution is -2.01. The van der Waals surface area contributed by atoms with Crippen molar-refractivity contribution < 1.29 is 13.9 Å². The molecule has 0 radical (unpaired) electrons. The molecule has 0 bridgehead atoms. The van der Waals surface area contributed by atoms with Gasteiger partial charge in [0.2, 0.25) is 5.95 Å². The van der Waals surface area contributed by atoms with E-state index in [4.69, 9.17) is 15.2 Å². The first-order chi connectivity index (χ1) is 10.1. The molecule has 0 unspecified atom stereocenters. The monoisotopic (exact) mass is 287 g/mol. The Balaban J connectivity index is 2.30. The fourth-order valence-corrected chi connectivity index (χ4v) is 2.31. The Labute approximate surface area is 120 Å². The SMILES string of the molecule is COc1cc2nc(N)n(-c3cccc(F)c3)c2cc1OC. The van der Waals surface area contributed by atoms with Gasteiger partial charge in [0.1, 0.15) is 5.82 Å². The summed E-state index contributed by atoms with van der Waals surface area (Å²) in [4.78, 5) is 4.29. The van der Waals surface area contributed by atoms with E-state index in [0.717, 1.165) is 5.52 Å². The van der Waals surface area contributed by atoms with Crippen LogP contribution in [-0.4, -0.2) is 23.8 Å². The highest BCUT2D eigenvalue weighted by molar-refractivity contribution is 5.84. The van der Waals surface area contributed by atoms with E-state index in [2.05, 4.69) is 4.98 Å². The standard InChI is InChI=1S/C15H14FN3O2/c1-20-13-7-11-12(8-14(13)21-2)19(15(17)18-11)10-5-3-4-9(16)6-10/h3-8H,1-2H3,(H2,17,18). The predicted molar refractivity (Wildman–Crippen MR) is 78.5 cm³/mol. The number of aromatic nitrogens is 2. The van der Waals surface area contributed by atoms with Crippen LogP contribution in [0.25, 0.3) is 16.7 Å². The molecule has 0 saturated heterocycles. The van der Waals surface area contributed by atoms with E-state index < -0.39 is 0 Å². The summed E-state index contributed by atoms with van der Waals surface area (Å²) in [5.74, 6) is 1.05. The molecular formula is C15H14FN3O2. The van der Waals surface area contributed by atoms with Crippen molar-refractivity contribution in [1.29, 1.82) is 0 Å². The Morgan fingerprint density at radius 2 is 1.81 bits per heavy atom. The van der Waals surface area contributed by atoms with E-state index in [-0.39, 0.29) is 11.8 Å². The average Bonchev–Trinajstić information content (AvgIpc) is 2.80. The number of halogens is 1. The zero-order valence-corrected chi connectivity index (χ0v) is 11.6. The van der Waals surface area contributed by atoms with Gasteiger partial charge < -0.3 is 15.2 Å². The van der Waals surface area contributed by atoms with E-state index in [0.29, 0.717) is 22.7 Å². The summed E-state index contributed by atoms with van der Waals surface area (Å²) in [5, 5.41) is 0. The number of methoxy groups -OCH3 is 2. The molecule has 0 saturated carbocycles. The Kier molecular flexibility index (Phi) is 3.13. The number of imidazole rings is 1. The van der Waals surface area contributed by atoms with Gasteiger partial charge in [-0.15, -0.1) is 0 Å². The van der Waals surface area contributed by atoms with Crippen LogP contribution < -0.4 is 15.2 Å². The molecule has 108 valence electrons. The smallest absolute Gasteiger partial charge is 0.205 e. The maximum atomic E-state index is 13.4. The van der Waals surface area contributed by atoms with Crippen molar-refractivity contribution in [2.45, 2.75) is 0 Å². The van der Waals surface area contributed by atoms with Crippen LogP contribution in [0.5, 0.6) is 11.5 Å². The van der Waals surface area contributed by atoms with Gasteiger partial charge in [0.25, 0.3) is 0 Å². The Morgan fingerprint density at radius 1 is 1.10 bits per heavy atom. The number of nitrogen functional groups attached to an aromatic ring is 1. The van der Waals surface area contributed by atoms with Gasteiger partial charge in [0.15, 0.2) is 11.5 Å². The van der Waals surface area contributed by atoms with Crippen LogP contribution in [0, 0.1) is 5.82 Å². The molecule has 0 aliphatic heterocycles. The highest BCUT2D eigenvalue weighted by atomic mass is 19.1. The molecule has 0 amide bonds. The third kappa shape index (κ3) is 2.14. The molecule has 6 heteroatoms. The summed E-state index contributed by atoms with van der Waals surface area (Å²) >= 11 is 0. The quantitative estimate of drug-likeness (QED) is 0.804. The molecule has 0 atom stereocenters. The van der Waals surface area contributed by atoms with Gasteiger partial charge in [-0.2, -0.15) is 0 Å². The number of fused-ring (bicyclic) bond motifs is 1. The number of nitrogens with two attached hydrogens (primary N) is 1. The highest BCUT2D eigenvalue weighted by Crippen LogP contribution is 2.34. The van der Waals surface area contributed by atoms with E-state index in [1.165, 1.54) is 12.1 Å². The molecule has 21 heavy (non-hydrogen) atoms. The lowest BCUT2D eigenvalue weighted by molar-refractivity contribution is 0.355. The van der Waals surface area contributed by atoms with Gasteiger partial charge in [-0.25, -0.2) is 9.37 Å². The van der Waals surface area contributed by atoms with Gasteiger partial charge in [-0.3, -0.25) is 4.57 Å². The van der Waals surface area contributed by atoms with E-state index in [1.807, 2.05) is 0 Å². The molecule has 2 N–H and O–H groups in total. The summed E-state index contributed by atoms with van der Waals surface area (Å²) in [6.07, 6.45) is 0. The maximum Gasteiger partial charge on any atom is 0.205 e. The third-order valence-electron chi connectivity index (χ3n) is 3.25. The molecule has 5 nitrogen and oxygen atoms in total. The molecular weight excluding hydrogens is 273 g/mol. The normalized spacial score (nSPS) is 10.8. The van der Waals surface area contributed by atoms with Crippen molar-refractivity contribution in [2.75, 3.05) is 20.0 Å². The lowest BCUT2D eigenvalue weighted by Gasteiger charge is -2.09. The largest absolute Gasteiger partial charge is 0.493 e. The zero-order chi connectivity index (χ0) is 15.0. The van der Waals surface area contributed by atoms with Crippen molar-refractivity contribution in [2.24, 2.45) is 0 Å². The first kappa shape index (κ1) is 13.2. The number of nitrogens with zero attached hydrogens (tertiary/aromatic N) is 2. The topological polar surface area (TPSA) is 62.3 Å². The molecule has 0 spiro atoms.